The summed E-state index contributed by atoms with van der Waals surface area (Å²) < 4.78 is 38.2. The second-order valence-electron chi connectivity index (χ2n) is 6.28. The zero-order valence-electron chi connectivity index (χ0n) is 13.7. The Kier molecular flexibility index (Phi) is 4.83. The number of pyridine rings is 1. The Balaban J connectivity index is 1.64. The highest BCUT2D eigenvalue weighted by Gasteiger charge is 2.45. The zero-order chi connectivity index (χ0) is 19.1. The van der Waals surface area contributed by atoms with Crippen LogP contribution in [0.25, 0.3) is 10.9 Å². The summed E-state index contributed by atoms with van der Waals surface area (Å²) in [4.78, 5) is 32.5. The van der Waals surface area contributed by atoms with E-state index >= 15 is 0 Å². The van der Waals surface area contributed by atoms with Crippen molar-refractivity contribution >= 4 is 34.3 Å². The van der Waals surface area contributed by atoms with E-state index in [9.17, 15) is 22.8 Å². The number of nitrogens with zero attached hydrogens (tertiary/aromatic N) is 2. The molecule has 0 aliphatic carbocycles. The maximum absolute atomic E-state index is 12.7. The van der Waals surface area contributed by atoms with Gasteiger partial charge in [0.25, 0.3) is 5.91 Å². The number of H-pyrrole nitrogens is 1. The van der Waals surface area contributed by atoms with Crippen LogP contribution < -0.4 is 5.32 Å². The standard InChI is InChI=1S/C16H16ClF3N4O2/c1-8(15(26)24-3-2-10(7-24)16(18,19)20)22-14(25)11-4-9-5-13(17)21-6-12(9)23-11/h4-6,8,10,23H,2-3,7H2,1H3,(H,22,25)/t8-,10-/m1/s1. The lowest BCUT2D eigenvalue weighted by Crippen LogP contribution is -2.46. The van der Waals surface area contributed by atoms with Crippen molar-refractivity contribution in [2.45, 2.75) is 25.6 Å². The van der Waals surface area contributed by atoms with Gasteiger partial charge < -0.3 is 15.2 Å². The third kappa shape index (κ3) is 3.77. The minimum absolute atomic E-state index is 0.0276. The van der Waals surface area contributed by atoms with Gasteiger partial charge in [0.1, 0.15) is 16.9 Å². The summed E-state index contributed by atoms with van der Waals surface area (Å²) >= 11 is 5.79. The lowest BCUT2D eigenvalue weighted by molar-refractivity contribution is -0.171. The van der Waals surface area contributed by atoms with Gasteiger partial charge in [0.05, 0.1) is 17.6 Å². The van der Waals surface area contributed by atoms with Crippen LogP contribution in [-0.2, 0) is 4.79 Å². The predicted molar refractivity (Wildman–Crippen MR) is 88.8 cm³/mol. The van der Waals surface area contributed by atoms with Crippen LogP contribution in [-0.4, -0.2) is 52.0 Å². The lowest BCUT2D eigenvalue weighted by Gasteiger charge is -2.22. The number of hydrogen-bond donors (Lipinski definition) is 2. The van der Waals surface area contributed by atoms with E-state index in [1.54, 1.807) is 12.1 Å². The van der Waals surface area contributed by atoms with Crippen LogP contribution in [0.5, 0.6) is 0 Å². The highest BCUT2D eigenvalue weighted by molar-refractivity contribution is 6.30. The summed E-state index contributed by atoms with van der Waals surface area (Å²) in [6.07, 6.45) is -2.96. The van der Waals surface area contributed by atoms with Gasteiger partial charge >= 0.3 is 6.18 Å². The Labute approximate surface area is 151 Å². The maximum atomic E-state index is 12.7. The smallest absolute Gasteiger partial charge is 0.349 e. The molecule has 1 aliphatic heterocycles. The van der Waals surface area contributed by atoms with Crippen LogP contribution in [0.3, 0.4) is 0 Å². The van der Waals surface area contributed by atoms with Gasteiger partial charge in [0.15, 0.2) is 0 Å². The molecule has 1 saturated heterocycles. The number of carbonyl (C=O) groups is 2. The van der Waals surface area contributed by atoms with E-state index < -0.39 is 30.0 Å². The quantitative estimate of drug-likeness (QED) is 0.794. The number of fused-ring (bicyclic) bond motifs is 1. The Hall–Kier alpha value is -2.29. The van der Waals surface area contributed by atoms with Gasteiger partial charge in [-0.15, -0.1) is 0 Å². The van der Waals surface area contributed by atoms with Crippen LogP contribution in [0.2, 0.25) is 5.15 Å². The number of carbonyl (C=O) groups excluding carboxylic acids is 2. The Morgan fingerprint density at radius 1 is 1.42 bits per heavy atom. The number of amides is 2. The average molecular weight is 389 g/mol. The Bertz CT molecular complexity index is 852. The van der Waals surface area contributed by atoms with E-state index in [1.165, 1.54) is 13.1 Å². The predicted octanol–water partition coefficient (Wildman–Crippen LogP) is 2.75. The molecule has 3 heterocycles. The number of hydrogen-bond acceptors (Lipinski definition) is 3. The Morgan fingerprint density at radius 3 is 2.81 bits per heavy atom. The molecule has 0 bridgehead atoms. The van der Waals surface area contributed by atoms with Gasteiger partial charge in [0.2, 0.25) is 5.91 Å². The molecule has 0 saturated carbocycles. The molecule has 2 aromatic heterocycles. The molecule has 140 valence electrons. The van der Waals surface area contributed by atoms with Crippen molar-refractivity contribution in [1.82, 2.24) is 20.2 Å². The number of aromatic nitrogens is 2. The monoisotopic (exact) mass is 388 g/mol. The van der Waals surface area contributed by atoms with Crippen molar-refractivity contribution in [3.05, 3.63) is 29.2 Å². The van der Waals surface area contributed by atoms with Crippen molar-refractivity contribution in [1.29, 1.82) is 0 Å². The van der Waals surface area contributed by atoms with Crippen molar-refractivity contribution in [3.63, 3.8) is 0 Å². The van der Waals surface area contributed by atoms with Gasteiger partial charge in [-0.2, -0.15) is 13.2 Å². The van der Waals surface area contributed by atoms with Crippen LogP contribution in [0.4, 0.5) is 13.2 Å². The number of aromatic amines is 1. The largest absolute Gasteiger partial charge is 0.393 e. The van der Waals surface area contributed by atoms with Gasteiger partial charge in [0, 0.05) is 18.5 Å². The van der Waals surface area contributed by atoms with E-state index in [-0.39, 0.29) is 30.4 Å². The molecule has 0 aromatic carbocycles. The zero-order valence-corrected chi connectivity index (χ0v) is 14.5. The summed E-state index contributed by atoms with van der Waals surface area (Å²) in [5, 5.41) is 3.47. The van der Waals surface area contributed by atoms with Crippen LogP contribution in [0, 0.1) is 5.92 Å². The normalized spacial score (nSPS) is 19.0. The molecular formula is C16H16ClF3N4O2. The highest BCUT2D eigenvalue weighted by Crippen LogP contribution is 2.33. The van der Waals surface area contributed by atoms with E-state index in [2.05, 4.69) is 15.3 Å². The molecule has 0 unspecified atom stereocenters. The lowest BCUT2D eigenvalue weighted by atomic mass is 10.1. The van der Waals surface area contributed by atoms with Crippen LogP contribution in [0.1, 0.15) is 23.8 Å². The van der Waals surface area contributed by atoms with Crippen molar-refractivity contribution < 1.29 is 22.8 Å². The van der Waals surface area contributed by atoms with E-state index in [1.807, 2.05) is 0 Å². The second-order valence-corrected chi connectivity index (χ2v) is 6.67. The van der Waals surface area contributed by atoms with E-state index in [0.717, 1.165) is 4.90 Å². The summed E-state index contributed by atoms with van der Waals surface area (Å²) in [5.74, 6) is -2.59. The van der Waals surface area contributed by atoms with Gasteiger partial charge in [-0.05, 0) is 25.5 Å². The van der Waals surface area contributed by atoms with Crippen molar-refractivity contribution in [2.75, 3.05) is 13.1 Å². The molecule has 2 amide bonds. The second kappa shape index (κ2) is 6.79. The fraction of sp³-hybridized carbons (Fsp3) is 0.438. The Morgan fingerprint density at radius 2 is 2.15 bits per heavy atom. The molecule has 6 nitrogen and oxygen atoms in total. The molecule has 10 heteroatoms. The number of halogens is 4. The molecule has 1 fully saturated rings. The van der Waals surface area contributed by atoms with Crippen molar-refractivity contribution in [3.8, 4) is 0 Å². The number of likely N-dealkylation sites (tertiary alicyclic amines) is 1. The molecule has 0 radical (unpaired) electrons. The minimum atomic E-state index is -4.32. The first kappa shape index (κ1) is 18.5. The first-order chi connectivity index (χ1) is 12.1. The third-order valence-electron chi connectivity index (χ3n) is 4.40. The summed E-state index contributed by atoms with van der Waals surface area (Å²) in [6, 6.07) is 2.20. The first-order valence-electron chi connectivity index (χ1n) is 7.96. The summed E-state index contributed by atoms with van der Waals surface area (Å²) in [7, 11) is 0. The van der Waals surface area contributed by atoms with E-state index in [0.29, 0.717) is 10.9 Å². The SMILES string of the molecule is C[C@@H](NC(=O)c1cc2cc(Cl)ncc2[nH]1)C(=O)N1CC[C@@H](C(F)(F)F)C1. The topological polar surface area (TPSA) is 78.1 Å². The van der Waals surface area contributed by atoms with E-state index in [4.69, 9.17) is 11.6 Å². The molecule has 26 heavy (non-hydrogen) atoms. The van der Waals surface area contributed by atoms with Gasteiger partial charge in [-0.25, -0.2) is 4.98 Å². The molecule has 1 aliphatic rings. The number of alkyl halides is 3. The summed E-state index contributed by atoms with van der Waals surface area (Å²) in [6.45, 7) is 1.10. The molecule has 3 rings (SSSR count). The molecule has 2 N–H and O–H groups in total. The number of nitrogens with one attached hydrogen (secondary N) is 2. The fourth-order valence-corrected chi connectivity index (χ4v) is 3.13. The molecule has 2 atom stereocenters. The fourth-order valence-electron chi connectivity index (χ4n) is 2.96. The summed E-state index contributed by atoms with van der Waals surface area (Å²) in [5.41, 5.74) is 0.810. The average Bonchev–Trinajstić information content (AvgIpc) is 3.20. The van der Waals surface area contributed by atoms with Crippen LogP contribution >= 0.6 is 11.6 Å². The molecule has 2 aromatic rings. The minimum Gasteiger partial charge on any atom is -0.349 e. The van der Waals surface area contributed by atoms with Gasteiger partial charge in [-0.1, -0.05) is 11.6 Å². The first-order valence-corrected chi connectivity index (χ1v) is 8.33. The molecule has 0 spiro atoms. The third-order valence-corrected chi connectivity index (χ3v) is 4.60. The maximum Gasteiger partial charge on any atom is 0.393 e. The highest BCUT2D eigenvalue weighted by atomic mass is 35.5. The molecular weight excluding hydrogens is 373 g/mol. The van der Waals surface area contributed by atoms with Crippen molar-refractivity contribution in [2.24, 2.45) is 5.92 Å². The van der Waals surface area contributed by atoms with Crippen LogP contribution in [0.15, 0.2) is 18.3 Å². The number of rotatable bonds is 3. The van der Waals surface area contributed by atoms with Gasteiger partial charge in [-0.3, -0.25) is 9.59 Å².